The summed E-state index contributed by atoms with van der Waals surface area (Å²) in [6, 6.07) is 7.10. The van der Waals surface area contributed by atoms with Crippen molar-refractivity contribution in [2.45, 2.75) is 18.2 Å². The van der Waals surface area contributed by atoms with Gasteiger partial charge in [0.05, 0.1) is 6.04 Å². The molecule has 1 heterocycles. The van der Waals surface area contributed by atoms with Gasteiger partial charge in [-0.3, -0.25) is 0 Å². The van der Waals surface area contributed by atoms with E-state index in [1.807, 2.05) is 18.2 Å². The fraction of sp³-hybridized carbons (Fsp3) is 0.400. The Hall–Kier alpha value is -1.10. The maximum absolute atomic E-state index is 9.79. The molecule has 0 bridgehead atoms. The number of aliphatic hydroxyl groups is 2. The minimum Gasteiger partial charge on any atom is -0.388 e. The molecular formula is C10H14N2O2. The van der Waals surface area contributed by atoms with Gasteiger partial charge in [0, 0.05) is 17.8 Å². The van der Waals surface area contributed by atoms with Crippen LogP contribution in [0.1, 0.15) is 11.7 Å². The van der Waals surface area contributed by atoms with Crippen LogP contribution >= 0.6 is 0 Å². The molecule has 0 saturated carbocycles. The molecule has 0 saturated heterocycles. The number of benzene rings is 1. The van der Waals surface area contributed by atoms with Gasteiger partial charge in [-0.05, 0) is 6.07 Å². The van der Waals surface area contributed by atoms with Gasteiger partial charge in [-0.15, -0.1) is 0 Å². The highest BCUT2D eigenvalue weighted by Crippen LogP contribution is 2.31. The van der Waals surface area contributed by atoms with E-state index in [1.54, 1.807) is 6.07 Å². The molecule has 4 heteroatoms. The van der Waals surface area contributed by atoms with E-state index >= 15 is 0 Å². The molecule has 0 radical (unpaired) electrons. The lowest BCUT2D eigenvalue weighted by molar-refractivity contribution is 0.00411. The number of nitrogens with one attached hydrogen (secondary N) is 1. The van der Waals surface area contributed by atoms with Gasteiger partial charge in [0.2, 0.25) is 0 Å². The van der Waals surface area contributed by atoms with Crippen LogP contribution in [0.15, 0.2) is 24.3 Å². The lowest BCUT2D eigenvalue weighted by Crippen LogP contribution is -2.46. The SMILES string of the molecule is NC[C@H]1Nc2ccccc2[C@@H](O)C1O. The van der Waals surface area contributed by atoms with Crippen LogP contribution in [0.5, 0.6) is 0 Å². The smallest absolute Gasteiger partial charge is 0.109 e. The molecule has 1 aliphatic heterocycles. The van der Waals surface area contributed by atoms with Crippen molar-refractivity contribution in [1.82, 2.24) is 0 Å². The van der Waals surface area contributed by atoms with E-state index in [4.69, 9.17) is 5.73 Å². The third-order valence-corrected chi connectivity index (χ3v) is 2.61. The Bertz CT molecular complexity index is 330. The monoisotopic (exact) mass is 194 g/mol. The van der Waals surface area contributed by atoms with Gasteiger partial charge in [-0.25, -0.2) is 0 Å². The molecule has 0 aromatic heterocycles. The Morgan fingerprint density at radius 1 is 1.29 bits per heavy atom. The maximum Gasteiger partial charge on any atom is 0.109 e. The highest BCUT2D eigenvalue weighted by atomic mass is 16.3. The second-order valence-electron chi connectivity index (χ2n) is 3.51. The van der Waals surface area contributed by atoms with Crippen molar-refractivity contribution in [3.8, 4) is 0 Å². The number of nitrogens with two attached hydrogens (primary N) is 1. The zero-order chi connectivity index (χ0) is 10.1. The average molecular weight is 194 g/mol. The van der Waals surface area contributed by atoms with Gasteiger partial charge < -0.3 is 21.3 Å². The molecule has 0 amide bonds. The Kier molecular flexibility index (Phi) is 2.41. The summed E-state index contributed by atoms with van der Waals surface area (Å²) in [5, 5.41) is 22.6. The van der Waals surface area contributed by atoms with Crippen molar-refractivity contribution in [2.24, 2.45) is 5.73 Å². The topological polar surface area (TPSA) is 78.5 Å². The quantitative estimate of drug-likeness (QED) is 0.500. The number of fused-ring (bicyclic) bond motifs is 1. The second-order valence-corrected chi connectivity index (χ2v) is 3.51. The minimum absolute atomic E-state index is 0.278. The number of hydrogen-bond acceptors (Lipinski definition) is 4. The zero-order valence-corrected chi connectivity index (χ0v) is 7.72. The molecule has 1 aromatic carbocycles. The van der Waals surface area contributed by atoms with Crippen molar-refractivity contribution in [1.29, 1.82) is 0 Å². The van der Waals surface area contributed by atoms with Crippen molar-refractivity contribution < 1.29 is 10.2 Å². The lowest BCUT2D eigenvalue weighted by atomic mass is 9.92. The molecule has 1 aromatic rings. The Morgan fingerprint density at radius 3 is 2.71 bits per heavy atom. The molecule has 0 spiro atoms. The summed E-state index contributed by atoms with van der Waals surface area (Å²) in [6.45, 7) is 0.298. The summed E-state index contributed by atoms with van der Waals surface area (Å²) in [4.78, 5) is 0. The molecular weight excluding hydrogens is 180 g/mol. The average Bonchev–Trinajstić information content (AvgIpc) is 2.23. The largest absolute Gasteiger partial charge is 0.388 e. The van der Waals surface area contributed by atoms with Gasteiger partial charge in [0.15, 0.2) is 0 Å². The van der Waals surface area contributed by atoms with Crippen LogP contribution in [-0.4, -0.2) is 28.9 Å². The van der Waals surface area contributed by atoms with Crippen molar-refractivity contribution in [3.05, 3.63) is 29.8 Å². The zero-order valence-electron chi connectivity index (χ0n) is 7.72. The highest BCUT2D eigenvalue weighted by molar-refractivity contribution is 5.55. The van der Waals surface area contributed by atoms with Crippen molar-refractivity contribution >= 4 is 5.69 Å². The normalized spacial score (nSPS) is 30.6. The lowest BCUT2D eigenvalue weighted by Gasteiger charge is -2.34. The molecule has 1 unspecified atom stereocenters. The standard InChI is InChI=1S/C10H14N2O2/c11-5-8-10(14)9(13)6-3-1-2-4-7(6)12-8/h1-4,8-10,12-14H,5,11H2/t8-,9-,10?/m1/s1. The third-order valence-electron chi connectivity index (χ3n) is 2.61. The summed E-state index contributed by atoms with van der Waals surface area (Å²) in [6.07, 6.45) is -1.68. The number of para-hydroxylation sites is 1. The molecule has 0 aliphatic carbocycles. The Balaban J connectivity index is 2.37. The van der Waals surface area contributed by atoms with Crippen LogP contribution in [0.4, 0.5) is 5.69 Å². The van der Waals surface area contributed by atoms with Gasteiger partial charge in [0.1, 0.15) is 12.2 Å². The molecule has 14 heavy (non-hydrogen) atoms. The van der Waals surface area contributed by atoms with E-state index < -0.39 is 12.2 Å². The Labute approximate surface area is 82.4 Å². The molecule has 2 rings (SSSR count). The first kappa shape index (κ1) is 9.45. The molecule has 4 nitrogen and oxygen atoms in total. The van der Waals surface area contributed by atoms with Crippen LogP contribution in [0.2, 0.25) is 0 Å². The first-order valence-electron chi connectivity index (χ1n) is 4.65. The summed E-state index contributed by atoms with van der Waals surface area (Å²) in [5.41, 5.74) is 7.05. The molecule has 0 fully saturated rings. The van der Waals surface area contributed by atoms with Crippen LogP contribution < -0.4 is 11.1 Å². The minimum atomic E-state index is -0.846. The van der Waals surface area contributed by atoms with Gasteiger partial charge >= 0.3 is 0 Å². The predicted octanol–water partition coefficient (Wildman–Crippen LogP) is -0.166. The van der Waals surface area contributed by atoms with E-state index in [0.29, 0.717) is 6.54 Å². The summed E-state index contributed by atoms with van der Waals surface area (Å²) < 4.78 is 0. The van der Waals surface area contributed by atoms with E-state index in [0.717, 1.165) is 11.3 Å². The molecule has 5 N–H and O–H groups in total. The van der Waals surface area contributed by atoms with Crippen molar-refractivity contribution in [3.63, 3.8) is 0 Å². The van der Waals surface area contributed by atoms with Gasteiger partial charge in [0.25, 0.3) is 0 Å². The Morgan fingerprint density at radius 2 is 2.00 bits per heavy atom. The summed E-state index contributed by atoms with van der Waals surface area (Å²) in [5.74, 6) is 0. The number of hydrogen-bond donors (Lipinski definition) is 4. The van der Waals surface area contributed by atoms with Crippen LogP contribution in [0.25, 0.3) is 0 Å². The van der Waals surface area contributed by atoms with Crippen molar-refractivity contribution in [2.75, 3.05) is 11.9 Å². The van der Waals surface area contributed by atoms with Crippen LogP contribution in [0, 0.1) is 0 Å². The fourth-order valence-electron chi connectivity index (χ4n) is 1.77. The number of anilines is 1. The highest BCUT2D eigenvalue weighted by Gasteiger charge is 2.32. The first-order valence-corrected chi connectivity index (χ1v) is 4.65. The molecule has 3 atom stereocenters. The summed E-state index contributed by atoms with van der Waals surface area (Å²) in [7, 11) is 0. The van der Waals surface area contributed by atoms with E-state index in [2.05, 4.69) is 5.32 Å². The second kappa shape index (κ2) is 3.57. The number of rotatable bonds is 1. The molecule has 76 valence electrons. The third kappa shape index (κ3) is 1.37. The number of aliphatic hydroxyl groups excluding tert-OH is 2. The summed E-state index contributed by atoms with van der Waals surface area (Å²) >= 11 is 0. The first-order chi connectivity index (χ1) is 6.74. The van der Waals surface area contributed by atoms with Gasteiger partial charge in [-0.1, -0.05) is 18.2 Å². The van der Waals surface area contributed by atoms with Gasteiger partial charge in [-0.2, -0.15) is 0 Å². The predicted molar refractivity (Wildman–Crippen MR) is 53.9 cm³/mol. The van der Waals surface area contributed by atoms with Crippen LogP contribution in [0.3, 0.4) is 0 Å². The maximum atomic E-state index is 9.79. The van der Waals surface area contributed by atoms with E-state index in [-0.39, 0.29) is 6.04 Å². The van der Waals surface area contributed by atoms with Crippen LogP contribution in [-0.2, 0) is 0 Å². The fourth-order valence-corrected chi connectivity index (χ4v) is 1.77. The van der Waals surface area contributed by atoms with E-state index in [9.17, 15) is 10.2 Å². The van der Waals surface area contributed by atoms with E-state index in [1.165, 1.54) is 0 Å². The molecule has 1 aliphatic rings.